The minimum atomic E-state index is -1.76. The van der Waals surface area contributed by atoms with Crippen LogP contribution in [-0.2, 0) is 9.22 Å². The zero-order chi connectivity index (χ0) is 14.4. The number of rotatable bonds is 2. The number of ketones is 1. The molecule has 1 aliphatic rings. The quantitative estimate of drug-likeness (QED) is 0.697. The van der Waals surface area contributed by atoms with E-state index in [-0.39, 0.29) is 22.3 Å². The fourth-order valence-electron chi connectivity index (χ4n) is 2.17. The highest BCUT2D eigenvalue weighted by Crippen LogP contribution is 2.40. The number of carbonyl (C=O) groups excluding carboxylic acids is 1. The number of carbonyl (C=O) groups is 1. The summed E-state index contributed by atoms with van der Waals surface area (Å²) in [5.74, 6) is 0.262. The molecule has 0 amide bonds. The van der Waals surface area contributed by atoms with Crippen LogP contribution in [-0.4, -0.2) is 20.2 Å². The van der Waals surface area contributed by atoms with Crippen LogP contribution in [0.4, 0.5) is 0 Å². The van der Waals surface area contributed by atoms with Gasteiger partial charge < -0.3 is 4.43 Å². The summed E-state index contributed by atoms with van der Waals surface area (Å²) < 4.78 is 6.41. The van der Waals surface area contributed by atoms with E-state index in [2.05, 4.69) is 33.9 Å². The minimum absolute atomic E-state index is 0.0959. The highest BCUT2D eigenvalue weighted by molar-refractivity contribution is 6.74. The molecule has 1 rings (SSSR count). The lowest BCUT2D eigenvalue weighted by atomic mass is 9.75. The van der Waals surface area contributed by atoms with Crippen LogP contribution in [0.2, 0.25) is 18.1 Å². The van der Waals surface area contributed by atoms with E-state index in [1.165, 1.54) is 0 Å². The first-order valence-electron chi connectivity index (χ1n) is 6.78. The topological polar surface area (TPSA) is 26.3 Å². The molecule has 0 heterocycles. The summed E-state index contributed by atoms with van der Waals surface area (Å²) in [6.07, 6.45) is 2.92. The van der Waals surface area contributed by atoms with Crippen LogP contribution in [0.15, 0.2) is 11.6 Å². The second-order valence-corrected chi connectivity index (χ2v) is 12.4. The first-order chi connectivity index (χ1) is 7.87. The van der Waals surface area contributed by atoms with Crippen molar-refractivity contribution in [2.75, 3.05) is 0 Å². The van der Waals surface area contributed by atoms with E-state index in [1.54, 1.807) is 0 Å². The predicted molar refractivity (Wildman–Crippen MR) is 79.2 cm³/mol. The van der Waals surface area contributed by atoms with Gasteiger partial charge in [-0.3, -0.25) is 4.79 Å². The van der Waals surface area contributed by atoms with Crippen molar-refractivity contribution in [1.82, 2.24) is 0 Å². The Morgan fingerprint density at radius 2 is 1.83 bits per heavy atom. The molecule has 3 heteroatoms. The monoisotopic (exact) mass is 268 g/mol. The van der Waals surface area contributed by atoms with E-state index in [0.29, 0.717) is 0 Å². The number of hydrogen-bond donors (Lipinski definition) is 0. The van der Waals surface area contributed by atoms with Crippen LogP contribution < -0.4 is 0 Å². The third-order valence-electron chi connectivity index (χ3n) is 4.37. The van der Waals surface area contributed by atoms with E-state index >= 15 is 0 Å². The van der Waals surface area contributed by atoms with Crippen molar-refractivity contribution in [2.45, 2.75) is 72.2 Å². The van der Waals surface area contributed by atoms with Crippen molar-refractivity contribution >= 4 is 14.1 Å². The Balaban J connectivity index is 2.91. The molecule has 0 saturated carbocycles. The molecule has 0 aliphatic heterocycles. The van der Waals surface area contributed by atoms with E-state index in [0.717, 1.165) is 12.0 Å². The zero-order valence-electron chi connectivity index (χ0n) is 13.2. The Labute approximate surface area is 113 Å². The predicted octanol–water partition coefficient (Wildman–Crippen LogP) is 4.32. The Morgan fingerprint density at radius 3 is 2.22 bits per heavy atom. The molecule has 0 aromatic carbocycles. The molecule has 1 aliphatic carbocycles. The van der Waals surface area contributed by atoms with Gasteiger partial charge in [0.1, 0.15) is 0 Å². The molecule has 1 atom stereocenters. The van der Waals surface area contributed by atoms with Gasteiger partial charge in [-0.1, -0.05) is 40.7 Å². The van der Waals surface area contributed by atoms with Crippen molar-refractivity contribution in [3.63, 3.8) is 0 Å². The first kappa shape index (κ1) is 15.6. The molecule has 0 fully saturated rings. The van der Waals surface area contributed by atoms with Crippen LogP contribution in [0.25, 0.3) is 0 Å². The standard InChI is InChI=1S/C15H28O2Si/c1-11-9-12(10-15(5,6)13(11)16)17-18(7,8)14(2,3)4/h9,12H,10H2,1-8H3/t12-/m0/s1. The van der Waals surface area contributed by atoms with E-state index < -0.39 is 8.32 Å². The summed E-state index contributed by atoms with van der Waals surface area (Å²) in [6.45, 7) is 17.2. The van der Waals surface area contributed by atoms with Crippen molar-refractivity contribution in [3.8, 4) is 0 Å². The summed E-state index contributed by atoms with van der Waals surface area (Å²) in [6, 6.07) is 0. The van der Waals surface area contributed by atoms with Crippen molar-refractivity contribution in [3.05, 3.63) is 11.6 Å². The molecule has 0 aromatic rings. The van der Waals surface area contributed by atoms with Gasteiger partial charge in [-0.05, 0) is 37.0 Å². The van der Waals surface area contributed by atoms with Crippen molar-refractivity contribution < 1.29 is 9.22 Å². The van der Waals surface area contributed by atoms with Crippen molar-refractivity contribution in [1.29, 1.82) is 0 Å². The van der Waals surface area contributed by atoms with Gasteiger partial charge in [-0.2, -0.15) is 0 Å². The second-order valence-electron chi connectivity index (χ2n) is 7.68. The average molecular weight is 268 g/mol. The third-order valence-corrected chi connectivity index (χ3v) is 8.88. The Morgan fingerprint density at radius 1 is 1.33 bits per heavy atom. The fourth-order valence-corrected chi connectivity index (χ4v) is 3.44. The summed E-state index contributed by atoms with van der Waals surface area (Å²) in [5, 5.41) is 0.209. The Bertz CT molecular complexity index is 372. The highest BCUT2D eigenvalue weighted by atomic mass is 28.4. The van der Waals surface area contributed by atoms with E-state index in [4.69, 9.17) is 4.43 Å². The van der Waals surface area contributed by atoms with Gasteiger partial charge in [0, 0.05) is 5.41 Å². The summed E-state index contributed by atoms with van der Waals surface area (Å²) in [7, 11) is -1.76. The zero-order valence-corrected chi connectivity index (χ0v) is 14.2. The molecule has 0 spiro atoms. The van der Waals surface area contributed by atoms with Crippen LogP contribution in [0.3, 0.4) is 0 Å². The SMILES string of the molecule is CC1=C[C@H](O[Si](C)(C)C(C)(C)C)CC(C)(C)C1=O. The lowest BCUT2D eigenvalue weighted by molar-refractivity contribution is -0.125. The van der Waals surface area contributed by atoms with Gasteiger partial charge in [0.05, 0.1) is 6.10 Å². The van der Waals surface area contributed by atoms with Gasteiger partial charge in [0.25, 0.3) is 0 Å². The van der Waals surface area contributed by atoms with Crippen LogP contribution >= 0.6 is 0 Å². The molecule has 0 radical (unpaired) electrons. The highest BCUT2D eigenvalue weighted by Gasteiger charge is 2.42. The molecule has 18 heavy (non-hydrogen) atoms. The summed E-state index contributed by atoms with van der Waals surface area (Å²) in [5.41, 5.74) is 0.571. The molecule has 0 bridgehead atoms. The van der Waals surface area contributed by atoms with Gasteiger partial charge >= 0.3 is 0 Å². The molecule has 104 valence electrons. The Kier molecular flexibility index (Phi) is 4.00. The van der Waals surface area contributed by atoms with E-state index in [1.807, 2.05) is 26.8 Å². The van der Waals surface area contributed by atoms with Crippen molar-refractivity contribution in [2.24, 2.45) is 5.41 Å². The maximum absolute atomic E-state index is 12.0. The molecule has 0 N–H and O–H groups in total. The molecule has 0 aromatic heterocycles. The van der Waals surface area contributed by atoms with Crippen LogP contribution in [0.1, 0.15) is 48.0 Å². The van der Waals surface area contributed by atoms with Crippen LogP contribution in [0, 0.1) is 5.41 Å². The largest absolute Gasteiger partial charge is 0.411 e. The van der Waals surface area contributed by atoms with E-state index in [9.17, 15) is 4.79 Å². The normalized spacial score (nSPS) is 25.0. The molecule has 0 unspecified atom stereocenters. The van der Waals surface area contributed by atoms with Crippen LogP contribution in [0.5, 0.6) is 0 Å². The van der Waals surface area contributed by atoms with Gasteiger partial charge in [0.15, 0.2) is 14.1 Å². The van der Waals surface area contributed by atoms with Gasteiger partial charge in [0.2, 0.25) is 0 Å². The van der Waals surface area contributed by atoms with Gasteiger partial charge in [-0.25, -0.2) is 0 Å². The molecular formula is C15H28O2Si. The lowest BCUT2D eigenvalue weighted by Gasteiger charge is -2.41. The molecular weight excluding hydrogens is 240 g/mol. The summed E-state index contributed by atoms with van der Waals surface area (Å²) in [4.78, 5) is 12.0. The first-order valence-corrected chi connectivity index (χ1v) is 9.69. The second kappa shape index (κ2) is 4.60. The molecule has 0 saturated heterocycles. The minimum Gasteiger partial charge on any atom is -0.411 e. The maximum Gasteiger partial charge on any atom is 0.192 e. The third kappa shape index (κ3) is 3.12. The smallest absolute Gasteiger partial charge is 0.192 e. The number of Topliss-reactive ketones (excluding diaryl/α,β-unsaturated/α-hetero) is 1. The average Bonchev–Trinajstić information content (AvgIpc) is 2.10. The number of allylic oxidation sites excluding steroid dienone is 1. The lowest BCUT2D eigenvalue weighted by Crippen LogP contribution is -2.46. The molecule has 2 nitrogen and oxygen atoms in total. The fraction of sp³-hybridized carbons (Fsp3) is 0.800. The van der Waals surface area contributed by atoms with Gasteiger partial charge in [-0.15, -0.1) is 0 Å². The Hall–Kier alpha value is -0.413. The number of hydrogen-bond acceptors (Lipinski definition) is 2. The maximum atomic E-state index is 12.0. The summed E-state index contributed by atoms with van der Waals surface area (Å²) >= 11 is 0.